The lowest BCUT2D eigenvalue weighted by molar-refractivity contribution is 0.0596. The van der Waals surface area contributed by atoms with Crippen molar-refractivity contribution in [2.24, 2.45) is 23.7 Å². The third-order valence-corrected chi connectivity index (χ3v) is 5.21. The van der Waals surface area contributed by atoms with E-state index in [0.717, 1.165) is 23.7 Å². The van der Waals surface area contributed by atoms with Gasteiger partial charge < -0.3 is 0 Å². The van der Waals surface area contributed by atoms with E-state index in [-0.39, 0.29) is 0 Å². The SMILES string of the molecule is Br[C+]1C2CC3CC(C2)CC1C3. The van der Waals surface area contributed by atoms with E-state index in [1.807, 2.05) is 0 Å². The van der Waals surface area contributed by atoms with Gasteiger partial charge in [0.2, 0.25) is 0 Å². The summed E-state index contributed by atoms with van der Waals surface area (Å²) in [6, 6.07) is 0. The first-order chi connectivity index (χ1) is 5.33. The lowest BCUT2D eigenvalue weighted by Crippen LogP contribution is -2.41. The van der Waals surface area contributed by atoms with Crippen LogP contribution < -0.4 is 0 Å². The predicted octanol–water partition coefficient (Wildman–Crippen LogP) is 3.37. The average Bonchev–Trinajstić information content (AvgIpc) is 1.98. The molecule has 4 aliphatic carbocycles. The molecule has 0 N–H and O–H groups in total. The van der Waals surface area contributed by atoms with Gasteiger partial charge in [-0.2, -0.15) is 0 Å². The molecular formula is C10H14Br+. The molecule has 4 fully saturated rings. The quantitative estimate of drug-likeness (QED) is 0.542. The van der Waals surface area contributed by atoms with Crippen LogP contribution in [-0.2, 0) is 0 Å². The largest absolute Gasteiger partial charge is 0.199 e. The maximum absolute atomic E-state index is 3.80. The molecule has 11 heavy (non-hydrogen) atoms. The Labute approximate surface area is 76.9 Å². The first-order valence-electron chi connectivity index (χ1n) is 4.85. The summed E-state index contributed by atoms with van der Waals surface area (Å²) in [5.74, 6) is 4.18. The summed E-state index contributed by atoms with van der Waals surface area (Å²) < 4.78 is 0. The van der Waals surface area contributed by atoms with Crippen molar-refractivity contribution < 1.29 is 0 Å². The van der Waals surface area contributed by atoms with Gasteiger partial charge in [-0.1, -0.05) is 0 Å². The molecule has 0 heterocycles. The maximum Gasteiger partial charge on any atom is 0.199 e. The van der Waals surface area contributed by atoms with Crippen molar-refractivity contribution >= 4 is 15.9 Å². The zero-order valence-corrected chi connectivity index (χ0v) is 8.31. The van der Waals surface area contributed by atoms with Gasteiger partial charge >= 0.3 is 0 Å². The Morgan fingerprint density at radius 1 is 0.818 bits per heavy atom. The van der Waals surface area contributed by atoms with Gasteiger partial charge in [0.25, 0.3) is 0 Å². The molecule has 0 saturated heterocycles. The zero-order valence-electron chi connectivity index (χ0n) is 6.72. The van der Waals surface area contributed by atoms with Crippen LogP contribution >= 0.6 is 15.9 Å². The molecule has 4 rings (SSSR count). The van der Waals surface area contributed by atoms with Crippen molar-refractivity contribution in [2.45, 2.75) is 32.1 Å². The minimum absolute atomic E-state index is 0.978. The van der Waals surface area contributed by atoms with Gasteiger partial charge in [-0.15, -0.1) is 0 Å². The highest BCUT2D eigenvalue weighted by Gasteiger charge is 2.55. The van der Waals surface area contributed by atoms with Crippen LogP contribution in [0.3, 0.4) is 0 Å². The second-order valence-corrected chi connectivity index (χ2v) is 5.60. The van der Waals surface area contributed by atoms with Crippen LogP contribution in [0.2, 0.25) is 0 Å². The van der Waals surface area contributed by atoms with Gasteiger partial charge in [-0.05, 0) is 43.9 Å². The highest BCUT2D eigenvalue weighted by atomic mass is 79.9. The third kappa shape index (κ3) is 0.898. The van der Waals surface area contributed by atoms with E-state index in [9.17, 15) is 0 Å². The van der Waals surface area contributed by atoms with Gasteiger partial charge in [-0.25, -0.2) is 0 Å². The maximum atomic E-state index is 3.80. The molecule has 0 atom stereocenters. The Hall–Kier alpha value is 0.350. The highest BCUT2D eigenvalue weighted by Crippen LogP contribution is 2.59. The third-order valence-electron chi connectivity index (χ3n) is 3.92. The minimum Gasteiger partial charge on any atom is -0.0469 e. The van der Waals surface area contributed by atoms with Crippen LogP contribution in [0.1, 0.15) is 32.1 Å². The summed E-state index contributed by atoms with van der Waals surface area (Å²) in [6.45, 7) is 0. The van der Waals surface area contributed by atoms with Gasteiger partial charge in [0.15, 0.2) is 20.8 Å². The molecule has 0 aliphatic heterocycles. The fraction of sp³-hybridized carbons (Fsp3) is 0.900. The number of rotatable bonds is 0. The van der Waals surface area contributed by atoms with Crippen molar-refractivity contribution in [3.8, 4) is 0 Å². The molecule has 0 nitrogen and oxygen atoms in total. The topological polar surface area (TPSA) is 0 Å². The van der Waals surface area contributed by atoms with E-state index in [2.05, 4.69) is 15.9 Å². The predicted molar refractivity (Wildman–Crippen MR) is 49.2 cm³/mol. The molecule has 1 heteroatoms. The van der Waals surface area contributed by atoms with Gasteiger partial charge in [0.05, 0.1) is 0 Å². The standard InChI is InChI=1S/C10H14Br/c11-10-8-2-6-1-7(4-8)5-9(10)3-6/h6-9H,1-5H2/q+1. The Morgan fingerprint density at radius 3 is 1.73 bits per heavy atom. The molecule has 0 unspecified atom stereocenters. The molecule has 0 spiro atoms. The fourth-order valence-electron chi connectivity index (χ4n) is 3.63. The molecule has 0 aromatic heterocycles. The molecule has 60 valence electrons. The molecule has 4 aliphatic rings. The normalized spacial score (nSPS) is 53.7. The average molecular weight is 214 g/mol. The first-order valence-corrected chi connectivity index (χ1v) is 5.64. The zero-order chi connectivity index (χ0) is 7.42. The highest BCUT2D eigenvalue weighted by molar-refractivity contribution is 9.11. The van der Waals surface area contributed by atoms with E-state index < -0.39 is 0 Å². The summed E-state index contributed by atoms with van der Waals surface area (Å²) in [5.41, 5.74) is 0. The fourth-order valence-corrected chi connectivity index (χ4v) is 4.38. The summed E-state index contributed by atoms with van der Waals surface area (Å²) in [5, 5.41) is 0. The van der Waals surface area contributed by atoms with Crippen LogP contribution in [0, 0.1) is 28.5 Å². The lowest BCUT2D eigenvalue weighted by atomic mass is 9.56. The van der Waals surface area contributed by atoms with Gasteiger partial charge in [0.1, 0.15) is 11.8 Å². The van der Waals surface area contributed by atoms with Crippen molar-refractivity contribution in [1.82, 2.24) is 0 Å². The monoisotopic (exact) mass is 213 g/mol. The van der Waals surface area contributed by atoms with Crippen LogP contribution in [0.15, 0.2) is 0 Å². The second-order valence-electron chi connectivity index (χ2n) is 4.69. The van der Waals surface area contributed by atoms with Crippen molar-refractivity contribution in [2.75, 3.05) is 0 Å². The van der Waals surface area contributed by atoms with Crippen LogP contribution in [0.25, 0.3) is 0 Å². The van der Waals surface area contributed by atoms with E-state index in [0.29, 0.717) is 0 Å². The van der Waals surface area contributed by atoms with E-state index in [4.69, 9.17) is 0 Å². The number of hydrogen-bond acceptors (Lipinski definition) is 0. The summed E-state index contributed by atoms with van der Waals surface area (Å²) in [4.78, 5) is 1.68. The van der Waals surface area contributed by atoms with Gasteiger partial charge in [0, 0.05) is 0 Å². The second kappa shape index (κ2) is 2.18. The molecular weight excluding hydrogens is 200 g/mol. The number of hydrogen-bond donors (Lipinski definition) is 0. The van der Waals surface area contributed by atoms with E-state index in [1.54, 1.807) is 11.2 Å². The lowest BCUT2D eigenvalue weighted by Gasteiger charge is -2.45. The molecule has 0 aromatic rings. The van der Waals surface area contributed by atoms with Crippen molar-refractivity contribution in [1.29, 1.82) is 0 Å². The summed E-state index contributed by atoms with van der Waals surface area (Å²) in [7, 11) is 0. The molecule has 0 radical (unpaired) electrons. The minimum atomic E-state index is 0.978. The molecule has 0 amide bonds. The molecule has 4 bridgehead atoms. The first kappa shape index (κ1) is 6.82. The molecule has 0 aromatic carbocycles. The van der Waals surface area contributed by atoms with Crippen molar-refractivity contribution in [3.63, 3.8) is 0 Å². The van der Waals surface area contributed by atoms with Crippen LogP contribution in [0.5, 0.6) is 0 Å². The summed E-state index contributed by atoms with van der Waals surface area (Å²) >= 11 is 3.80. The van der Waals surface area contributed by atoms with Crippen LogP contribution in [0.4, 0.5) is 0 Å². The van der Waals surface area contributed by atoms with Gasteiger partial charge in [-0.3, -0.25) is 0 Å². The van der Waals surface area contributed by atoms with Crippen LogP contribution in [-0.4, -0.2) is 0 Å². The smallest absolute Gasteiger partial charge is 0.0469 e. The Kier molecular flexibility index (Phi) is 1.36. The van der Waals surface area contributed by atoms with E-state index >= 15 is 0 Å². The van der Waals surface area contributed by atoms with Crippen molar-refractivity contribution in [3.05, 3.63) is 4.83 Å². The Bertz CT molecular complexity index is 148. The Balaban J connectivity index is 1.91. The van der Waals surface area contributed by atoms with E-state index in [1.165, 1.54) is 25.7 Å². The number of halogens is 1. The summed E-state index contributed by atoms with van der Waals surface area (Å²) in [6.07, 6.45) is 7.59. The molecule has 4 saturated carbocycles. The Morgan fingerprint density at radius 2 is 1.27 bits per heavy atom.